The minimum absolute atomic E-state index is 0.281. The van der Waals surface area contributed by atoms with E-state index in [1.165, 1.54) is 6.20 Å². The number of nitrogens with zero attached hydrogens (tertiary/aromatic N) is 2. The van der Waals surface area contributed by atoms with Crippen LogP contribution in [0.5, 0.6) is 0 Å². The van der Waals surface area contributed by atoms with Crippen LogP contribution in [0.15, 0.2) is 12.3 Å². The number of nitrogens with one attached hydrogen (secondary N) is 1. The number of aromatic nitrogens is 1. The number of rotatable bonds is 6. The van der Waals surface area contributed by atoms with Crippen LogP contribution in [0.4, 0.5) is 10.2 Å². The van der Waals surface area contributed by atoms with Crippen LogP contribution in [0.2, 0.25) is 0 Å². The Morgan fingerprint density at radius 1 is 1.41 bits per heavy atom. The van der Waals surface area contributed by atoms with Crippen molar-refractivity contribution >= 4 is 5.82 Å². The summed E-state index contributed by atoms with van der Waals surface area (Å²) in [6.07, 6.45) is 3.41. The van der Waals surface area contributed by atoms with Crippen molar-refractivity contribution in [3.05, 3.63) is 23.6 Å². The lowest BCUT2D eigenvalue weighted by Crippen LogP contribution is -2.32. The Labute approximate surface area is 103 Å². The maximum absolute atomic E-state index is 13.2. The van der Waals surface area contributed by atoms with Gasteiger partial charge >= 0.3 is 0 Å². The molecule has 0 aromatic carbocycles. The molecule has 0 aliphatic heterocycles. The lowest BCUT2D eigenvalue weighted by molar-refractivity contribution is 0.577. The van der Waals surface area contributed by atoms with Crippen LogP contribution < -0.4 is 10.2 Å². The van der Waals surface area contributed by atoms with Gasteiger partial charge in [0.2, 0.25) is 0 Å². The summed E-state index contributed by atoms with van der Waals surface area (Å²) in [6.45, 7) is 4.95. The van der Waals surface area contributed by atoms with Crippen molar-refractivity contribution in [3.63, 3.8) is 0 Å². The summed E-state index contributed by atoms with van der Waals surface area (Å²) in [5.74, 6) is 0.589. The Balaban J connectivity index is 3.02. The molecular weight excluding hydrogens is 217 g/mol. The normalized spacial score (nSPS) is 10.9. The summed E-state index contributed by atoms with van der Waals surface area (Å²) < 4.78 is 13.2. The largest absolute Gasteiger partial charge is 0.356 e. The van der Waals surface area contributed by atoms with Gasteiger partial charge in [-0.2, -0.15) is 0 Å². The van der Waals surface area contributed by atoms with E-state index in [0.29, 0.717) is 12.6 Å². The Morgan fingerprint density at radius 3 is 2.59 bits per heavy atom. The summed E-state index contributed by atoms with van der Waals surface area (Å²) in [5, 5.41) is 3.05. The van der Waals surface area contributed by atoms with Gasteiger partial charge in [0, 0.05) is 25.2 Å². The van der Waals surface area contributed by atoms with Gasteiger partial charge in [-0.05, 0) is 26.0 Å². The summed E-state index contributed by atoms with van der Waals surface area (Å²) >= 11 is 0. The minimum atomic E-state index is -0.281. The Morgan fingerprint density at radius 2 is 2.06 bits per heavy atom. The molecule has 96 valence electrons. The van der Waals surface area contributed by atoms with E-state index in [9.17, 15) is 4.39 Å². The molecule has 1 N–H and O–H groups in total. The summed E-state index contributed by atoms with van der Waals surface area (Å²) in [5.41, 5.74) is 0.905. The van der Waals surface area contributed by atoms with Gasteiger partial charge in [0.15, 0.2) is 0 Å². The quantitative estimate of drug-likeness (QED) is 0.827. The standard InChI is InChI=1S/C13H22FN3/c1-5-12(6-2)17(4)13-10(8-15-3)7-11(14)9-16-13/h7,9,12,15H,5-6,8H2,1-4H3. The second kappa shape index (κ2) is 6.55. The maximum atomic E-state index is 13.2. The van der Waals surface area contributed by atoms with Crippen molar-refractivity contribution in [2.75, 3.05) is 19.0 Å². The molecule has 0 saturated heterocycles. The smallest absolute Gasteiger partial charge is 0.141 e. The van der Waals surface area contributed by atoms with E-state index in [1.807, 2.05) is 14.1 Å². The molecule has 0 fully saturated rings. The Bertz CT molecular complexity index is 351. The molecule has 1 heterocycles. The summed E-state index contributed by atoms with van der Waals surface area (Å²) in [4.78, 5) is 6.37. The van der Waals surface area contributed by atoms with E-state index in [4.69, 9.17) is 0 Å². The predicted octanol–water partition coefficient (Wildman–Crippen LogP) is 2.56. The average Bonchev–Trinajstić information content (AvgIpc) is 2.31. The summed E-state index contributed by atoms with van der Waals surface area (Å²) in [6, 6.07) is 2.00. The highest BCUT2D eigenvalue weighted by Crippen LogP contribution is 2.21. The van der Waals surface area contributed by atoms with E-state index in [-0.39, 0.29) is 5.82 Å². The maximum Gasteiger partial charge on any atom is 0.141 e. The monoisotopic (exact) mass is 239 g/mol. The Hall–Kier alpha value is -1.16. The van der Waals surface area contributed by atoms with E-state index in [2.05, 4.69) is 29.0 Å². The van der Waals surface area contributed by atoms with Crippen molar-refractivity contribution < 1.29 is 4.39 Å². The molecule has 4 heteroatoms. The van der Waals surface area contributed by atoms with Crippen LogP contribution in [0.3, 0.4) is 0 Å². The second-order valence-electron chi connectivity index (χ2n) is 4.25. The third-order valence-electron chi connectivity index (χ3n) is 3.10. The lowest BCUT2D eigenvalue weighted by atomic mass is 10.1. The van der Waals surface area contributed by atoms with E-state index >= 15 is 0 Å². The number of halogens is 1. The number of anilines is 1. The van der Waals surface area contributed by atoms with Crippen LogP contribution in [0.25, 0.3) is 0 Å². The first kappa shape index (κ1) is 13.9. The highest BCUT2D eigenvalue weighted by Gasteiger charge is 2.16. The van der Waals surface area contributed by atoms with Crippen LogP contribution in [-0.4, -0.2) is 25.1 Å². The molecule has 0 saturated carbocycles. The van der Waals surface area contributed by atoms with Gasteiger partial charge in [-0.25, -0.2) is 9.37 Å². The molecule has 0 aliphatic rings. The van der Waals surface area contributed by atoms with E-state index in [1.54, 1.807) is 6.07 Å². The van der Waals surface area contributed by atoms with Crippen LogP contribution in [0, 0.1) is 5.82 Å². The van der Waals surface area contributed by atoms with Gasteiger partial charge in [-0.1, -0.05) is 13.8 Å². The second-order valence-corrected chi connectivity index (χ2v) is 4.25. The zero-order valence-corrected chi connectivity index (χ0v) is 11.1. The first-order valence-electron chi connectivity index (χ1n) is 6.15. The van der Waals surface area contributed by atoms with Gasteiger partial charge in [-0.15, -0.1) is 0 Å². The molecule has 0 aliphatic carbocycles. The van der Waals surface area contributed by atoms with Crippen molar-refractivity contribution in [3.8, 4) is 0 Å². The molecule has 0 spiro atoms. The third-order valence-corrected chi connectivity index (χ3v) is 3.10. The molecule has 0 atom stereocenters. The molecule has 1 rings (SSSR count). The van der Waals surface area contributed by atoms with Gasteiger partial charge in [0.25, 0.3) is 0 Å². The highest BCUT2D eigenvalue weighted by atomic mass is 19.1. The number of hydrogen-bond donors (Lipinski definition) is 1. The van der Waals surface area contributed by atoms with Gasteiger partial charge in [-0.3, -0.25) is 0 Å². The van der Waals surface area contributed by atoms with Crippen LogP contribution in [0.1, 0.15) is 32.3 Å². The molecule has 1 aromatic heterocycles. The topological polar surface area (TPSA) is 28.2 Å². The average molecular weight is 239 g/mol. The molecule has 1 aromatic rings. The van der Waals surface area contributed by atoms with Gasteiger partial charge in [0.05, 0.1) is 6.20 Å². The highest BCUT2D eigenvalue weighted by molar-refractivity contribution is 5.47. The molecule has 0 unspecified atom stereocenters. The van der Waals surface area contributed by atoms with Crippen molar-refractivity contribution in [1.82, 2.24) is 10.3 Å². The van der Waals surface area contributed by atoms with Crippen molar-refractivity contribution in [2.45, 2.75) is 39.3 Å². The minimum Gasteiger partial charge on any atom is -0.356 e. The van der Waals surface area contributed by atoms with Gasteiger partial charge in [0.1, 0.15) is 11.6 Å². The van der Waals surface area contributed by atoms with Crippen molar-refractivity contribution in [1.29, 1.82) is 0 Å². The van der Waals surface area contributed by atoms with Crippen molar-refractivity contribution in [2.24, 2.45) is 0 Å². The first-order valence-corrected chi connectivity index (χ1v) is 6.15. The molecule has 0 amide bonds. The predicted molar refractivity (Wildman–Crippen MR) is 69.7 cm³/mol. The fraction of sp³-hybridized carbons (Fsp3) is 0.615. The zero-order chi connectivity index (χ0) is 12.8. The lowest BCUT2D eigenvalue weighted by Gasteiger charge is -2.29. The molecule has 3 nitrogen and oxygen atoms in total. The zero-order valence-electron chi connectivity index (χ0n) is 11.1. The molecular formula is C13H22FN3. The Kier molecular flexibility index (Phi) is 5.35. The van der Waals surface area contributed by atoms with Gasteiger partial charge < -0.3 is 10.2 Å². The fourth-order valence-corrected chi connectivity index (χ4v) is 2.12. The third kappa shape index (κ3) is 3.40. The SMILES string of the molecule is CCC(CC)N(C)c1ncc(F)cc1CNC. The van der Waals surface area contributed by atoms with Crippen LogP contribution in [-0.2, 0) is 6.54 Å². The molecule has 0 bridgehead atoms. The summed E-state index contributed by atoms with van der Waals surface area (Å²) in [7, 11) is 3.88. The number of hydrogen-bond acceptors (Lipinski definition) is 3. The van der Waals surface area contributed by atoms with E-state index < -0.39 is 0 Å². The first-order chi connectivity index (χ1) is 8.13. The molecule has 17 heavy (non-hydrogen) atoms. The fourth-order valence-electron chi connectivity index (χ4n) is 2.12. The van der Waals surface area contributed by atoms with Crippen LogP contribution >= 0.6 is 0 Å². The molecule has 0 radical (unpaired) electrons. The van der Waals surface area contributed by atoms with E-state index in [0.717, 1.165) is 24.2 Å². The number of pyridine rings is 1.